The highest BCUT2D eigenvalue weighted by atomic mass is 14.9. The third kappa shape index (κ3) is 0.787. The van der Waals surface area contributed by atoms with Gasteiger partial charge in [-0.3, -0.25) is 0 Å². The molecule has 0 aromatic heterocycles. The van der Waals surface area contributed by atoms with Crippen molar-refractivity contribution in [3.8, 4) is 0 Å². The zero-order chi connectivity index (χ0) is 6.27. The molecular formula is C8H16N+. The Hall–Kier alpha value is -0.0400. The van der Waals surface area contributed by atoms with Crippen molar-refractivity contribution in [3.63, 3.8) is 0 Å². The van der Waals surface area contributed by atoms with Gasteiger partial charge in [0.05, 0.1) is 13.1 Å². The number of hydrogen-bond acceptors (Lipinski definition) is 0. The molecule has 0 aromatic carbocycles. The molecule has 2 aliphatic carbocycles. The van der Waals surface area contributed by atoms with Gasteiger partial charge < -0.3 is 5.32 Å². The van der Waals surface area contributed by atoms with Crippen molar-refractivity contribution >= 4 is 0 Å². The summed E-state index contributed by atoms with van der Waals surface area (Å²) in [5, 5.41) is 2.42. The molecule has 2 aliphatic rings. The third-order valence-corrected chi connectivity index (χ3v) is 3.22. The van der Waals surface area contributed by atoms with Crippen molar-refractivity contribution in [2.24, 2.45) is 11.8 Å². The van der Waals surface area contributed by atoms with Crippen LogP contribution in [0.25, 0.3) is 0 Å². The standard InChI is InChI=1S/C8H15N/c1-9-8-5-6-2-3-7(8)4-6/h6-9H,2-5H2,1H3/p+1. The predicted molar refractivity (Wildman–Crippen MR) is 37.1 cm³/mol. The Labute approximate surface area is 56.8 Å². The second kappa shape index (κ2) is 1.98. The Morgan fingerprint density at radius 1 is 1.22 bits per heavy atom. The number of nitrogens with two attached hydrogens (primary N) is 1. The maximum atomic E-state index is 2.42. The van der Waals surface area contributed by atoms with E-state index in [0.717, 1.165) is 17.9 Å². The molecule has 52 valence electrons. The lowest BCUT2D eigenvalue weighted by atomic mass is 9.96. The summed E-state index contributed by atoms with van der Waals surface area (Å²) < 4.78 is 0. The van der Waals surface area contributed by atoms with Crippen molar-refractivity contribution in [2.75, 3.05) is 7.05 Å². The number of quaternary nitrogens is 1. The summed E-state index contributed by atoms with van der Waals surface area (Å²) in [6, 6.07) is 1.00. The van der Waals surface area contributed by atoms with Crippen molar-refractivity contribution < 1.29 is 5.32 Å². The first-order valence-corrected chi connectivity index (χ1v) is 4.19. The van der Waals surface area contributed by atoms with Crippen LogP contribution in [0.2, 0.25) is 0 Å². The molecule has 3 atom stereocenters. The highest BCUT2D eigenvalue weighted by Gasteiger charge is 2.40. The molecule has 2 fully saturated rings. The van der Waals surface area contributed by atoms with Gasteiger partial charge in [0, 0.05) is 12.3 Å². The van der Waals surface area contributed by atoms with Crippen LogP contribution >= 0.6 is 0 Å². The van der Waals surface area contributed by atoms with E-state index in [1.165, 1.54) is 19.3 Å². The normalized spacial score (nSPS) is 48.3. The zero-order valence-corrected chi connectivity index (χ0v) is 6.14. The maximum Gasteiger partial charge on any atom is 0.0888 e. The Morgan fingerprint density at radius 2 is 2.11 bits per heavy atom. The first kappa shape index (κ1) is 5.72. The minimum Gasteiger partial charge on any atom is -0.346 e. The fraction of sp³-hybridized carbons (Fsp3) is 1.00. The van der Waals surface area contributed by atoms with Crippen LogP contribution in [0.1, 0.15) is 25.7 Å². The zero-order valence-electron chi connectivity index (χ0n) is 6.14. The van der Waals surface area contributed by atoms with Gasteiger partial charge in [-0.25, -0.2) is 0 Å². The quantitative estimate of drug-likeness (QED) is 0.522. The molecule has 1 heteroatoms. The molecule has 2 rings (SSSR count). The SMILES string of the molecule is C[NH2+]C1CC2CCC1C2. The van der Waals surface area contributed by atoms with Crippen molar-refractivity contribution in [3.05, 3.63) is 0 Å². The summed E-state index contributed by atoms with van der Waals surface area (Å²) in [4.78, 5) is 0. The van der Waals surface area contributed by atoms with E-state index in [0.29, 0.717) is 0 Å². The lowest BCUT2D eigenvalue weighted by Gasteiger charge is -2.16. The highest BCUT2D eigenvalue weighted by Crippen LogP contribution is 2.42. The fourth-order valence-electron chi connectivity index (χ4n) is 2.70. The van der Waals surface area contributed by atoms with Crippen LogP contribution in [0.3, 0.4) is 0 Å². The molecular weight excluding hydrogens is 110 g/mol. The molecule has 3 unspecified atom stereocenters. The topological polar surface area (TPSA) is 16.6 Å². The minimum atomic E-state index is 1.00. The third-order valence-electron chi connectivity index (χ3n) is 3.22. The van der Waals surface area contributed by atoms with Crippen LogP contribution < -0.4 is 5.32 Å². The first-order chi connectivity index (χ1) is 4.40. The Balaban J connectivity index is 2.01. The van der Waals surface area contributed by atoms with Crippen LogP contribution in [0.5, 0.6) is 0 Å². The van der Waals surface area contributed by atoms with E-state index in [1.807, 2.05) is 0 Å². The maximum absolute atomic E-state index is 2.42. The Kier molecular flexibility index (Phi) is 1.26. The van der Waals surface area contributed by atoms with E-state index >= 15 is 0 Å². The summed E-state index contributed by atoms with van der Waals surface area (Å²) in [7, 11) is 2.23. The average molecular weight is 126 g/mol. The molecule has 0 heterocycles. The lowest BCUT2D eigenvalue weighted by molar-refractivity contribution is -0.669. The molecule has 2 bridgehead atoms. The molecule has 0 spiro atoms. The van der Waals surface area contributed by atoms with Gasteiger partial charge in [0.25, 0.3) is 0 Å². The molecule has 9 heavy (non-hydrogen) atoms. The van der Waals surface area contributed by atoms with Crippen LogP contribution in [0, 0.1) is 11.8 Å². The van der Waals surface area contributed by atoms with Gasteiger partial charge in [0.1, 0.15) is 0 Å². The van der Waals surface area contributed by atoms with Gasteiger partial charge in [-0.2, -0.15) is 0 Å². The van der Waals surface area contributed by atoms with Gasteiger partial charge in [0.2, 0.25) is 0 Å². The summed E-state index contributed by atoms with van der Waals surface area (Å²) >= 11 is 0. The highest BCUT2D eigenvalue weighted by molar-refractivity contribution is 4.89. The van der Waals surface area contributed by atoms with Gasteiger partial charge in [-0.1, -0.05) is 0 Å². The number of rotatable bonds is 1. The molecule has 2 saturated carbocycles. The summed E-state index contributed by atoms with van der Waals surface area (Å²) in [6.45, 7) is 0. The van der Waals surface area contributed by atoms with Crippen LogP contribution in [0.15, 0.2) is 0 Å². The van der Waals surface area contributed by atoms with E-state index in [9.17, 15) is 0 Å². The van der Waals surface area contributed by atoms with Crippen molar-refractivity contribution in [1.29, 1.82) is 0 Å². The second-order valence-electron chi connectivity index (χ2n) is 3.67. The minimum absolute atomic E-state index is 1.00. The molecule has 0 radical (unpaired) electrons. The number of hydrogen-bond donors (Lipinski definition) is 1. The summed E-state index contributed by atoms with van der Waals surface area (Å²) in [5.74, 6) is 2.22. The van der Waals surface area contributed by atoms with Gasteiger partial charge in [-0.05, 0) is 25.2 Å². The smallest absolute Gasteiger partial charge is 0.0888 e. The van der Waals surface area contributed by atoms with E-state index in [-0.39, 0.29) is 0 Å². The fourth-order valence-corrected chi connectivity index (χ4v) is 2.70. The van der Waals surface area contributed by atoms with E-state index in [4.69, 9.17) is 0 Å². The molecule has 0 aromatic rings. The van der Waals surface area contributed by atoms with Gasteiger partial charge in [0.15, 0.2) is 0 Å². The van der Waals surface area contributed by atoms with E-state index in [2.05, 4.69) is 12.4 Å². The Bertz CT molecular complexity index is 111. The Morgan fingerprint density at radius 3 is 2.44 bits per heavy atom. The van der Waals surface area contributed by atoms with Crippen molar-refractivity contribution in [2.45, 2.75) is 31.7 Å². The summed E-state index contributed by atoms with van der Waals surface area (Å²) in [5.41, 5.74) is 0. The van der Waals surface area contributed by atoms with E-state index in [1.54, 1.807) is 6.42 Å². The predicted octanol–water partition coefficient (Wildman–Crippen LogP) is 0.368. The monoisotopic (exact) mass is 126 g/mol. The largest absolute Gasteiger partial charge is 0.346 e. The molecule has 0 aliphatic heterocycles. The van der Waals surface area contributed by atoms with Crippen LogP contribution in [0.4, 0.5) is 0 Å². The second-order valence-corrected chi connectivity index (χ2v) is 3.67. The van der Waals surface area contributed by atoms with Gasteiger partial charge >= 0.3 is 0 Å². The molecule has 0 saturated heterocycles. The number of fused-ring (bicyclic) bond motifs is 2. The molecule has 1 nitrogen and oxygen atoms in total. The van der Waals surface area contributed by atoms with Crippen molar-refractivity contribution in [1.82, 2.24) is 0 Å². The summed E-state index contributed by atoms with van der Waals surface area (Å²) in [6.07, 6.45) is 6.13. The lowest BCUT2D eigenvalue weighted by Crippen LogP contribution is -2.87. The molecule has 2 N–H and O–H groups in total. The molecule has 0 amide bonds. The van der Waals surface area contributed by atoms with E-state index < -0.39 is 0 Å². The van der Waals surface area contributed by atoms with Gasteiger partial charge in [-0.15, -0.1) is 0 Å². The van der Waals surface area contributed by atoms with Crippen LogP contribution in [-0.4, -0.2) is 13.1 Å². The van der Waals surface area contributed by atoms with Crippen LogP contribution in [-0.2, 0) is 0 Å². The first-order valence-electron chi connectivity index (χ1n) is 4.19. The average Bonchev–Trinajstić information content (AvgIpc) is 2.45.